The summed E-state index contributed by atoms with van der Waals surface area (Å²) in [6.45, 7) is 7.68. The number of carbonyl (C=O) groups excluding carboxylic acids is 2. The zero-order chi connectivity index (χ0) is 20.0. The van der Waals surface area contributed by atoms with E-state index in [2.05, 4.69) is 24.3 Å². The molecule has 27 heavy (non-hydrogen) atoms. The van der Waals surface area contributed by atoms with E-state index in [1.165, 1.54) is 6.08 Å². The fourth-order valence-corrected chi connectivity index (χ4v) is 2.81. The minimum atomic E-state index is -0.567. The van der Waals surface area contributed by atoms with Crippen LogP contribution in [-0.2, 0) is 21.4 Å². The van der Waals surface area contributed by atoms with E-state index in [0.29, 0.717) is 5.92 Å². The lowest BCUT2D eigenvalue weighted by Crippen LogP contribution is -2.21. The normalized spacial score (nSPS) is 12.2. The number of aryl methyl sites for hydroxylation is 2. The molecule has 1 aromatic heterocycles. The topological polar surface area (TPSA) is 73.2 Å². The zero-order valence-electron chi connectivity index (χ0n) is 16.6. The molecule has 0 spiro atoms. The molecule has 0 unspecified atom stereocenters. The number of aromatic nitrogens is 2. The van der Waals surface area contributed by atoms with Crippen LogP contribution in [0.5, 0.6) is 0 Å². The minimum Gasteiger partial charge on any atom is -0.452 e. The quantitative estimate of drug-likeness (QED) is 0.596. The van der Waals surface area contributed by atoms with Crippen LogP contribution in [0.15, 0.2) is 30.3 Å². The van der Waals surface area contributed by atoms with Crippen molar-refractivity contribution in [1.82, 2.24) is 9.78 Å². The SMILES string of the molecule is CC[C@H](C)c1ccccc1NC(=O)COC(=O)/C=C/c1c(C)nn(C)c1C. The van der Waals surface area contributed by atoms with Gasteiger partial charge >= 0.3 is 5.97 Å². The Bertz CT molecular complexity index is 852. The molecule has 0 fully saturated rings. The molecule has 144 valence electrons. The maximum absolute atomic E-state index is 12.1. The van der Waals surface area contributed by atoms with E-state index in [1.54, 1.807) is 10.8 Å². The first-order valence-corrected chi connectivity index (χ1v) is 9.07. The fraction of sp³-hybridized carbons (Fsp3) is 0.381. The van der Waals surface area contributed by atoms with Crippen molar-refractivity contribution in [2.45, 2.75) is 40.0 Å². The molecule has 0 saturated carbocycles. The van der Waals surface area contributed by atoms with Crippen molar-refractivity contribution in [2.75, 3.05) is 11.9 Å². The Balaban J connectivity index is 1.92. The van der Waals surface area contributed by atoms with Gasteiger partial charge in [-0.3, -0.25) is 9.48 Å². The number of nitrogens with one attached hydrogen (secondary N) is 1. The second-order valence-corrected chi connectivity index (χ2v) is 6.59. The predicted octanol–water partition coefficient (Wildman–Crippen LogP) is 3.75. The Kier molecular flexibility index (Phi) is 6.93. The first-order chi connectivity index (χ1) is 12.8. The highest BCUT2D eigenvalue weighted by molar-refractivity contribution is 5.95. The second kappa shape index (κ2) is 9.16. The van der Waals surface area contributed by atoms with E-state index in [0.717, 1.165) is 34.6 Å². The van der Waals surface area contributed by atoms with Crippen molar-refractivity contribution in [3.05, 3.63) is 52.9 Å². The van der Waals surface area contributed by atoms with E-state index in [-0.39, 0.29) is 12.5 Å². The number of benzene rings is 1. The molecule has 0 aliphatic rings. The number of anilines is 1. The Labute approximate surface area is 160 Å². The van der Waals surface area contributed by atoms with E-state index >= 15 is 0 Å². The van der Waals surface area contributed by atoms with Crippen LogP contribution in [0.25, 0.3) is 6.08 Å². The van der Waals surface area contributed by atoms with Gasteiger partial charge in [-0.1, -0.05) is 32.0 Å². The van der Waals surface area contributed by atoms with Crippen molar-refractivity contribution >= 4 is 23.6 Å². The highest BCUT2D eigenvalue weighted by atomic mass is 16.5. The van der Waals surface area contributed by atoms with Crippen LogP contribution in [-0.4, -0.2) is 28.3 Å². The Morgan fingerprint density at radius 3 is 2.63 bits per heavy atom. The number of hydrogen-bond donors (Lipinski definition) is 1. The largest absolute Gasteiger partial charge is 0.452 e. The van der Waals surface area contributed by atoms with Crippen molar-refractivity contribution in [3.8, 4) is 0 Å². The Morgan fingerprint density at radius 2 is 2.00 bits per heavy atom. The molecule has 0 saturated heterocycles. The molecule has 6 heteroatoms. The third-order valence-corrected chi connectivity index (χ3v) is 4.67. The standard InChI is InChI=1S/C21H27N3O3/c1-6-14(2)17-9-7-8-10-19(17)22-20(25)13-27-21(26)12-11-18-15(3)23-24(5)16(18)4/h7-12,14H,6,13H2,1-5H3,(H,22,25)/b12-11+/t14-/m0/s1. The van der Waals surface area contributed by atoms with E-state index < -0.39 is 5.97 Å². The number of hydrogen-bond acceptors (Lipinski definition) is 4. The van der Waals surface area contributed by atoms with Crippen LogP contribution in [0, 0.1) is 13.8 Å². The molecule has 2 rings (SSSR count). The van der Waals surface area contributed by atoms with Crippen LogP contribution in [0.3, 0.4) is 0 Å². The van der Waals surface area contributed by atoms with Gasteiger partial charge in [0.1, 0.15) is 0 Å². The van der Waals surface area contributed by atoms with E-state index in [9.17, 15) is 9.59 Å². The highest BCUT2D eigenvalue weighted by Crippen LogP contribution is 2.26. The van der Waals surface area contributed by atoms with Crippen LogP contribution in [0.2, 0.25) is 0 Å². The average Bonchev–Trinajstić information content (AvgIpc) is 2.89. The minimum absolute atomic E-state index is 0.330. The summed E-state index contributed by atoms with van der Waals surface area (Å²) in [5.41, 5.74) is 4.49. The number of nitrogens with zero attached hydrogens (tertiary/aromatic N) is 2. The molecular formula is C21H27N3O3. The maximum atomic E-state index is 12.1. The molecular weight excluding hydrogens is 342 g/mol. The van der Waals surface area contributed by atoms with Crippen molar-refractivity contribution in [2.24, 2.45) is 7.05 Å². The molecule has 0 aliphatic heterocycles. The maximum Gasteiger partial charge on any atom is 0.331 e. The lowest BCUT2D eigenvalue weighted by atomic mass is 9.97. The molecule has 1 heterocycles. The van der Waals surface area contributed by atoms with Crippen molar-refractivity contribution in [1.29, 1.82) is 0 Å². The number of ether oxygens (including phenoxy) is 1. The van der Waals surface area contributed by atoms with Gasteiger partial charge in [0.2, 0.25) is 0 Å². The van der Waals surface area contributed by atoms with Gasteiger partial charge in [0.15, 0.2) is 6.61 Å². The number of esters is 1. The molecule has 1 N–H and O–H groups in total. The average molecular weight is 369 g/mol. The number of amides is 1. The van der Waals surface area contributed by atoms with Crippen LogP contribution in [0.4, 0.5) is 5.69 Å². The summed E-state index contributed by atoms with van der Waals surface area (Å²) < 4.78 is 6.80. The number of carbonyl (C=O) groups is 2. The summed E-state index contributed by atoms with van der Waals surface area (Å²) in [6, 6.07) is 7.67. The molecule has 0 aliphatic carbocycles. The lowest BCUT2D eigenvalue weighted by molar-refractivity contribution is -0.142. The summed E-state index contributed by atoms with van der Waals surface area (Å²) >= 11 is 0. The highest BCUT2D eigenvalue weighted by Gasteiger charge is 2.12. The van der Waals surface area contributed by atoms with Gasteiger partial charge in [-0.2, -0.15) is 5.10 Å². The van der Waals surface area contributed by atoms with Crippen molar-refractivity contribution in [3.63, 3.8) is 0 Å². The molecule has 1 atom stereocenters. The first-order valence-electron chi connectivity index (χ1n) is 9.07. The number of para-hydroxylation sites is 1. The van der Waals surface area contributed by atoms with Gasteiger partial charge in [-0.15, -0.1) is 0 Å². The van der Waals surface area contributed by atoms with Gasteiger partial charge in [0.25, 0.3) is 5.91 Å². The molecule has 2 aromatic rings. The monoisotopic (exact) mass is 369 g/mol. The molecule has 0 radical (unpaired) electrons. The summed E-state index contributed by atoms with van der Waals surface area (Å²) in [4.78, 5) is 24.0. The predicted molar refractivity (Wildman–Crippen MR) is 106 cm³/mol. The molecule has 6 nitrogen and oxygen atoms in total. The van der Waals surface area contributed by atoms with E-state index in [4.69, 9.17) is 4.74 Å². The van der Waals surface area contributed by atoms with Crippen LogP contribution in [0.1, 0.15) is 48.7 Å². The third-order valence-electron chi connectivity index (χ3n) is 4.67. The van der Waals surface area contributed by atoms with Crippen LogP contribution >= 0.6 is 0 Å². The smallest absolute Gasteiger partial charge is 0.331 e. The fourth-order valence-electron chi connectivity index (χ4n) is 2.81. The Morgan fingerprint density at radius 1 is 1.30 bits per heavy atom. The summed E-state index contributed by atoms with van der Waals surface area (Å²) in [5.74, 6) is -0.595. The summed E-state index contributed by atoms with van der Waals surface area (Å²) in [6.07, 6.45) is 3.95. The van der Waals surface area contributed by atoms with Crippen LogP contribution < -0.4 is 5.32 Å². The van der Waals surface area contributed by atoms with Crippen molar-refractivity contribution < 1.29 is 14.3 Å². The van der Waals surface area contributed by atoms with Gasteiger partial charge in [-0.05, 0) is 43.9 Å². The first kappa shape index (κ1) is 20.4. The Hall–Kier alpha value is -2.89. The van der Waals surface area contributed by atoms with Gasteiger partial charge < -0.3 is 10.1 Å². The van der Waals surface area contributed by atoms with E-state index in [1.807, 2.05) is 45.2 Å². The zero-order valence-corrected chi connectivity index (χ0v) is 16.6. The second-order valence-electron chi connectivity index (χ2n) is 6.59. The third kappa shape index (κ3) is 5.29. The molecule has 1 aromatic carbocycles. The number of rotatable bonds is 7. The molecule has 0 bridgehead atoms. The summed E-state index contributed by atoms with van der Waals surface area (Å²) in [5, 5.41) is 7.11. The van der Waals surface area contributed by atoms with Gasteiger partial charge in [0, 0.05) is 30.1 Å². The lowest BCUT2D eigenvalue weighted by Gasteiger charge is -2.15. The molecule has 1 amide bonds. The van der Waals surface area contributed by atoms with Gasteiger partial charge in [-0.25, -0.2) is 4.79 Å². The van der Waals surface area contributed by atoms with Gasteiger partial charge in [0.05, 0.1) is 5.69 Å². The summed E-state index contributed by atoms with van der Waals surface area (Å²) in [7, 11) is 1.85.